The zero-order chi connectivity index (χ0) is 24.7. The molecule has 0 radical (unpaired) electrons. The summed E-state index contributed by atoms with van der Waals surface area (Å²) in [6.45, 7) is 8.47. The van der Waals surface area contributed by atoms with Crippen LogP contribution in [0.1, 0.15) is 40.5 Å². The van der Waals surface area contributed by atoms with Crippen LogP contribution in [0.15, 0.2) is 23.8 Å². The van der Waals surface area contributed by atoms with Gasteiger partial charge < -0.3 is 33.5 Å². The molecule has 2 aliphatic rings. The molecule has 0 aromatic rings. The Hall–Kier alpha value is -0.800. The van der Waals surface area contributed by atoms with E-state index in [-0.39, 0.29) is 42.5 Å². The van der Waals surface area contributed by atoms with Crippen molar-refractivity contribution < 1.29 is 33.5 Å². The average Bonchev–Trinajstić information content (AvgIpc) is 3.63. The topological polar surface area (TPSA) is 75.6 Å². The summed E-state index contributed by atoms with van der Waals surface area (Å²) in [5.41, 5.74) is 0.988. The molecule has 0 amide bonds. The van der Waals surface area contributed by atoms with Crippen LogP contribution in [-0.2, 0) is 28.4 Å². The van der Waals surface area contributed by atoms with Gasteiger partial charge in [-0.3, -0.25) is 0 Å². The van der Waals surface area contributed by atoms with Crippen LogP contribution in [0.25, 0.3) is 0 Å². The van der Waals surface area contributed by atoms with E-state index in [1.165, 1.54) is 0 Å². The van der Waals surface area contributed by atoms with Crippen LogP contribution in [0.3, 0.4) is 0 Å². The first-order valence-corrected chi connectivity index (χ1v) is 12.1. The Kier molecular flexibility index (Phi) is 11.5. The molecule has 7 nitrogen and oxygen atoms in total. The average molecular weight is 471 g/mol. The van der Waals surface area contributed by atoms with Gasteiger partial charge in [-0.1, -0.05) is 39.0 Å². The molecule has 0 unspecified atom stereocenters. The van der Waals surface area contributed by atoms with Crippen molar-refractivity contribution in [3.63, 3.8) is 0 Å². The van der Waals surface area contributed by atoms with Crippen LogP contribution in [-0.4, -0.2) is 83.6 Å². The molecular weight excluding hydrogens is 424 g/mol. The summed E-state index contributed by atoms with van der Waals surface area (Å²) < 4.78 is 34.2. The lowest BCUT2D eigenvalue weighted by Crippen LogP contribution is -2.60. The number of methoxy groups -OCH3 is 5. The van der Waals surface area contributed by atoms with Crippen LogP contribution in [0.5, 0.6) is 0 Å². The summed E-state index contributed by atoms with van der Waals surface area (Å²) in [7, 11) is 8.27. The molecular formula is C26H46O7. The molecule has 0 aromatic carbocycles. The van der Waals surface area contributed by atoms with Crippen molar-refractivity contribution in [2.24, 2.45) is 23.7 Å². The van der Waals surface area contributed by atoms with Crippen molar-refractivity contribution in [3.05, 3.63) is 23.8 Å². The number of hydrogen-bond donors (Lipinski definition) is 1. The van der Waals surface area contributed by atoms with E-state index in [9.17, 15) is 5.11 Å². The van der Waals surface area contributed by atoms with Crippen molar-refractivity contribution in [2.75, 3.05) is 35.5 Å². The summed E-state index contributed by atoms with van der Waals surface area (Å²) >= 11 is 0. The third kappa shape index (κ3) is 6.66. The van der Waals surface area contributed by atoms with E-state index in [2.05, 4.69) is 26.8 Å². The molecule has 0 bridgehead atoms. The van der Waals surface area contributed by atoms with E-state index >= 15 is 0 Å². The molecule has 1 N–H and O–H groups in total. The van der Waals surface area contributed by atoms with Crippen LogP contribution in [0.2, 0.25) is 0 Å². The summed E-state index contributed by atoms with van der Waals surface area (Å²) in [4.78, 5) is 0. The first-order valence-electron chi connectivity index (χ1n) is 12.1. The normalized spacial score (nSPS) is 36.5. The lowest BCUT2D eigenvalue weighted by Gasteiger charge is -2.44. The first kappa shape index (κ1) is 28.4. The van der Waals surface area contributed by atoms with Gasteiger partial charge in [-0.15, -0.1) is 0 Å². The van der Waals surface area contributed by atoms with Crippen molar-refractivity contribution in [1.82, 2.24) is 0 Å². The molecule has 1 saturated carbocycles. The molecule has 1 saturated heterocycles. The molecule has 0 aromatic heterocycles. The molecule has 192 valence electrons. The highest BCUT2D eigenvalue weighted by Crippen LogP contribution is 2.49. The second kappa shape index (κ2) is 13.3. The highest BCUT2D eigenvalue weighted by atomic mass is 16.7. The monoisotopic (exact) mass is 470 g/mol. The summed E-state index contributed by atoms with van der Waals surface area (Å²) in [5.74, 6) is 1.39. The SMILES string of the molecule is CC[C@H](OC)[C@@H](C)[C@@H]1C[C@H]1[C@H](O)[C@H](C)/C=C/C=C(\C)[C@@H]1O[C@H](OC)[C@H](OC)[C@@H](OC)[C@@H]1OC. The number of rotatable bonds is 13. The van der Waals surface area contributed by atoms with Crippen molar-refractivity contribution >= 4 is 0 Å². The Bertz CT molecular complexity index is 632. The third-order valence-corrected chi connectivity index (χ3v) is 7.60. The van der Waals surface area contributed by atoms with E-state index in [1.807, 2.05) is 19.1 Å². The van der Waals surface area contributed by atoms with Crippen LogP contribution >= 0.6 is 0 Å². The lowest BCUT2D eigenvalue weighted by atomic mass is 9.91. The zero-order valence-electron chi connectivity index (χ0n) is 21.9. The molecule has 33 heavy (non-hydrogen) atoms. The second-order valence-corrected chi connectivity index (χ2v) is 9.51. The molecule has 0 spiro atoms. The molecule has 1 heterocycles. The minimum absolute atomic E-state index is 0.0562. The van der Waals surface area contributed by atoms with Gasteiger partial charge in [0.25, 0.3) is 0 Å². The van der Waals surface area contributed by atoms with Gasteiger partial charge in [-0.25, -0.2) is 0 Å². The smallest absolute Gasteiger partial charge is 0.186 e. The van der Waals surface area contributed by atoms with E-state index in [1.54, 1.807) is 35.5 Å². The molecule has 1 aliphatic heterocycles. The van der Waals surface area contributed by atoms with E-state index in [0.717, 1.165) is 18.4 Å². The number of hydrogen-bond acceptors (Lipinski definition) is 7. The fourth-order valence-electron chi connectivity index (χ4n) is 5.38. The predicted octanol–water partition coefficient (Wildman–Crippen LogP) is 3.60. The van der Waals surface area contributed by atoms with Gasteiger partial charge in [0.15, 0.2) is 6.29 Å². The Morgan fingerprint density at radius 2 is 1.61 bits per heavy atom. The van der Waals surface area contributed by atoms with Crippen LogP contribution in [0.4, 0.5) is 0 Å². The van der Waals surface area contributed by atoms with Gasteiger partial charge in [0.1, 0.15) is 24.4 Å². The van der Waals surface area contributed by atoms with E-state index in [4.69, 9.17) is 28.4 Å². The number of aliphatic hydroxyl groups is 1. The molecule has 2 fully saturated rings. The van der Waals surface area contributed by atoms with Crippen molar-refractivity contribution in [1.29, 1.82) is 0 Å². The summed E-state index contributed by atoms with van der Waals surface area (Å²) in [6, 6.07) is 0. The van der Waals surface area contributed by atoms with Crippen LogP contribution in [0, 0.1) is 23.7 Å². The van der Waals surface area contributed by atoms with Gasteiger partial charge in [0, 0.05) is 41.5 Å². The predicted molar refractivity (Wildman–Crippen MR) is 128 cm³/mol. The summed E-state index contributed by atoms with van der Waals surface area (Å²) in [6.07, 6.45) is 6.10. The lowest BCUT2D eigenvalue weighted by molar-refractivity contribution is -0.295. The fraction of sp³-hybridized carbons (Fsp3) is 0.846. The van der Waals surface area contributed by atoms with Gasteiger partial charge in [-0.05, 0) is 43.1 Å². The Labute approximate surface area is 200 Å². The summed E-state index contributed by atoms with van der Waals surface area (Å²) in [5, 5.41) is 10.9. The van der Waals surface area contributed by atoms with Crippen LogP contribution < -0.4 is 0 Å². The van der Waals surface area contributed by atoms with Crippen molar-refractivity contribution in [2.45, 2.75) is 83.5 Å². The maximum atomic E-state index is 10.9. The maximum Gasteiger partial charge on any atom is 0.186 e. The number of aliphatic hydroxyl groups excluding tert-OH is 1. The highest BCUT2D eigenvalue weighted by molar-refractivity contribution is 5.19. The molecule has 11 atom stereocenters. The van der Waals surface area contributed by atoms with E-state index < -0.39 is 6.29 Å². The fourth-order valence-corrected chi connectivity index (χ4v) is 5.38. The third-order valence-electron chi connectivity index (χ3n) is 7.60. The quantitative estimate of drug-likeness (QED) is 0.412. The maximum absolute atomic E-state index is 10.9. The largest absolute Gasteiger partial charge is 0.392 e. The minimum atomic E-state index is -0.558. The minimum Gasteiger partial charge on any atom is -0.392 e. The number of ether oxygens (including phenoxy) is 6. The number of allylic oxidation sites excluding steroid dienone is 2. The van der Waals surface area contributed by atoms with Gasteiger partial charge >= 0.3 is 0 Å². The first-order chi connectivity index (χ1) is 15.8. The highest BCUT2D eigenvalue weighted by Gasteiger charge is 2.49. The van der Waals surface area contributed by atoms with Gasteiger partial charge in [0.2, 0.25) is 0 Å². The van der Waals surface area contributed by atoms with Crippen molar-refractivity contribution in [3.8, 4) is 0 Å². The molecule has 7 heteroatoms. The van der Waals surface area contributed by atoms with E-state index in [0.29, 0.717) is 17.8 Å². The Balaban J connectivity index is 2.02. The Morgan fingerprint density at radius 3 is 2.12 bits per heavy atom. The molecule has 2 rings (SSSR count). The molecule has 1 aliphatic carbocycles. The standard InChI is InChI=1S/C26H46O7/c1-10-20(28-5)17(4)18-14-19(18)21(27)15(2)12-11-13-16(3)22-23(29-6)24(30-7)25(31-8)26(32-9)33-22/h11-13,15,17-27H,10,14H2,1-9H3/b12-11+,16-13+/t15-,17+,18+,19-,20+,21-,22+,23-,24+,25-,26+/m1/s1. The van der Waals surface area contributed by atoms with Gasteiger partial charge in [-0.2, -0.15) is 0 Å². The van der Waals surface area contributed by atoms with Gasteiger partial charge in [0.05, 0.1) is 12.2 Å². The zero-order valence-corrected chi connectivity index (χ0v) is 21.9. The second-order valence-electron chi connectivity index (χ2n) is 9.51. The Morgan fingerprint density at radius 1 is 0.970 bits per heavy atom.